The van der Waals surface area contributed by atoms with E-state index in [9.17, 15) is 22.8 Å². The van der Waals surface area contributed by atoms with Crippen molar-refractivity contribution in [1.29, 1.82) is 0 Å². The number of halogens is 4. The van der Waals surface area contributed by atoms with E-state index in [1.165, 1.54) is 0 Å². The Labute approximate surface area is 193 Å². The lowest BCUT2D eigenvalue weighted by molar-refractivity contribution is -0.137. The lowest BCUT2D eigenvalue weighted by Crippen LogP contribution is -2.15. The molecule has 2 N–H and O–H groups in total. The maximum absolute atomic E-state index is 12.8. The summed E-state index contributed by atoms with van der Waals surface area (Å²) in [5, 5.41) is 12.5. The number of thioether (sulfide) groups is 1. The van der Waals surface area contributed by atoms with Crippen LogP contribution in [0.1, 0.15) is 11.1 Å². The molecule has 0 aliphatic carbocycles. The molecule has 1 aromatic heterocycles. The van der Waals surface area contributed by atoms with Gasteiger partial charge in [0.25, 0.3) is 0 Å². The maximum atomic E-state index is 12.8. The van der Waals surface area contributed by atoms with Crippen molar-refractivity contribution < 1.29 is 27.5 Å². The fourth-order valence-electron chi connectivity index (χ4n) is 2.28. The van der Waals surface area contributed by atoms with Crippen LogP contribution < -0.4 is 10.6 Å². The van der Waals surface area contributed by atoms with Crippen LogP contribution in [0.15, 0.2) is 52.9 Å². The predicted octanol–water partition coefficient (Wildman–Crippen LogP) is 5.69. The van der Waals surface area contributed by atoms with Gasteiger partial charge in [-0.2, -0.15) is 13.2 Å². The highest BCUT2D eigenvalue weighted by Gasteiger charge is 2.31. The molecule has 2 amide bonds. The minimum absolute atomic E-state index is 0.0206. The Hall–Kier alpha value is -2.83. The molecule has 0 spiro atoms. The first-order chi connectivity index (χ1) is 15.2. The first-order valence-electron chi connectivity index (χ1n) is 8.81. The summed E-state index contributed by atoms with van der Waals surface area (Å²) in [6.45, 7) is 0.0886. The highest BCUT2D eigenvalue weighted by molar-refractivity contribution is 8.01. The summed E-state index contributed by atoms with van der Waals surface area (Å²) in [6.07, 6.45) is -5.27. The number of hydrogen-bond donors (Lipinski definition) is 2. The Balaban J connectivity index is 1.47. The number of carbonyl (C=O) groups excluding carboxylic acids is 2. The molecule has 3 rings (SSSR count). The van der Waals surface area contributed by atoms with Gasteiger partial charge in [-0.15, -0.1) is 10.2 Å². The second-order valence-electron chi connectivity index (χ2n) is 6.09. The Kier molecular flexibility index (Phi) is 7.94. The number of rotatable bonds is 7. The van der Waals surface area contributed by atoms with Crippen molar-refractivity contribution in [3.63, 3.8) is 0 Å². The van der Waals surface area contributed by atoms with E-state index >= 15 is 0 Å². The molecule has 0 unspecified atom stereocenters. The number of hydrogen-bond acceptors (Lipinski definition) is 7. The molecule has 168 valence electrons. The van der Waals surface area contributed by atoms with Crippen molar-refractivity contribution in [1.82, 2.24) is 10.2 Å². The topological polar surface area (TPSA) is 93.2 Å². The van der Waals surface area contributed by atoms with Gasteiger partial charge in [0.05, 0.1) is 22.0 Å². The first-order valence-corrected chi connectivity index (χ1v) is 11.0. The van der Waals surface area contributed by atoms with Crippen molar-refractivity contribution in [3.8, 4) is 0 Å². The summed E-state index contributed by atoms with van der Waals surface area (Å²) in [5.41, 5.74) is -0.250. The smallest absolute Gasteiger partial charge is 0.416 e. The normalized spacial score (nSPS) is 11.1. The van der Waals surface area contributed by atoms with Gasteiger partial charge in [-0.1, -0.05) is 65.0 Å². The average Bonchev–Trinajstić information content (AvgIpc) is 3.19. The van der Waals surface area contributed by atoms with Gasteiger partial charge in [-0.3, -0.25) is 10.1 Å². The Morgan fingerprint density at radius 1 is 1.09 bits per heavy atom. The number of anilines is 2. The number of ether oxygens (including phenoxy) is 1. The fraction of sp³-hybridized carbons (Fsp3) is 0.158. The van der Waals surface area contributed by atoms with E-state index in [-0.39, 0.29) is 28.2 Å². The third kappa shape index (κ3) is 7.11. The van der Waals surface area contributed by atoms with E-state index in [2.05, 4.69) is 20.8 Å². The molecular weight excluding hydrogens is 489 g/mol. The third-order valence-electron chi connectivity index (χ3n) is 3.72. The van der Waals surface area contributed by atoms with Crippen LogP contribution in [0.5, 0.6) is 0 Å². The molecule has 3 aromatic rings. The van der Waals surface area contributed by atoms with Gasteiger partial charge in [0, 0.05) is 0 Å². The minimum atomic E-state index is -4.56. The molecule has 1 heterocycles. The highest BCUT2D eigenvalue weighted by Crippen LogP contribution is 2.34. The molecular formula is C19H14ClF3N4O3S2. The van der Waals surface area contributed by atoms with Crippen molar-refractivity contribution in [2.75, 3.05) is 16.4 Å². The quantitative estimate of drug-likeness (QED) is 0.318. The molecule has 0 bridgehead atoms. The average molecular weight is 503 g/mol. The zero-order valence-electron chi connectivity index (χ0n) is 16.0. The zero-order valence-corrected chi connectivity index (χ0v) is 18.4. The van der Waals surface area contributed by atoms with Gasteiger partial charge in [0.1, 0.15) is 6.61 Å². The van der Waals surface area contributed by atoms with Crippen molar-refractivity contribution in [2.45, 2.75) is 17.1 Å². The Morgan fingerprint density at radius 3 is 2.56 bits per heavy atom. The van der Waals surface area contributed by atoms with Crippen LogP contribution in [-0.4, -0.2) is 28.0 Å². The molecule has 0 aliphatic heterocycles. The summed E-state index contributed by atoms with van der Waals surface area (Å²) in [6, 6.07) is 11.8. The predicted molar refractivity (Wildman–Crippen MR) is 116 cm³/mol. The monoisotopic (exact) mass is 502 g/mol. The van der Waals surface area contributed by atoms with E-state index in [0.29, 0.717) is 4.34 Å². The third-order valence-corrected chi connectivity index (χ3v) is 6.02. The highest BCUT2D eigenvalue weighted by atomic mass is 35.5. The van der Waals surface area contributed by atoms with Crippen LogP contribution in [-0.2, 0) is 22.3 Å². The number of benzene rings is 2. The summed E-state index contributed by atoms with van der Waals surface area (Å²) in [7, 11) is 0. The standard InChI is InChI=1S/C19H14ClF3N4O3S2/c20-13-7-6-12(19(21,22)23)8-14(13)24-15(28)10-31-18-27-26-16(32-18)25-17(29)30-9-11-4-2-1-3-5-11/h1-8H,9-10H2,(H,24,28)(H,25,26,29). The second-order valence-corrected chi connectivity index (χ2v) is 8.70. The SMILES string of the molecule is O=C(CSc1nnc(NC(=O)OCc2ccccc2)s1)Nc1cc(C(F)(F)F)ccc1Cl. The lowest BCUT2D eigenvalue weighted by Gasteiger charge is -2.11. The van der Waals surface area contributed by atoms with Crippen LogP contribution in [0.2, 0.25) is 5.02 Å². The maximum Gasteiger partial charge on any atom is 0.416 e. The number of amides is 2. The molecule has 0 fully saturated rings. The molecule has 2 aromatic carbocycles. The number of alkyl halides is 3. The van der Waals surface area contributed by atoms with E-state index in [1.54, 1.807) is 0 Å². The number of nitrogens with zero attached hydrogens (tertiary/aromatic N) is 2. The van der Waals surface area contributed by atoms with E-state index in [0.717, 1.165) is 46.9 Å². The van der Waals surface area contributed by atoms with Gasteiger partial charge in [-0.05, 0) is 23.8 Å². The molecule has 7 nitrogen and oxygen atoms in total. The van der Waals surface area contributed by atoms with Gasteiger partial charge in [-0.25, -0.2) is 4.79 Å². The Bertz CT molecular complexity index is 1100. The van der Waals surface area contributed by atoms with Crippen molar-refractivity contribution in [3.05, 3.63) is 64.7 Å². The molecule has 0 atom stereocenters. The summed E-state index contributed by atoms with van der Waals surface area (Å²) < 4.78 is 43.9. The Morgan fingerprint density at radius 2 is 1.84 bits per heavy atom. The summed E-state index contributed by atoms with van der Waals surface area (Å²) in [5.74, 6) is -0.733. The molecule has 32 heavy (non-hydrogen) atoms. The van der Waals surface area contributed by atoms with Crippen molar-refractivity contribution >= 4 is 57.5 Å². The van der Waals surface area contributed by atoms with E-state index in [4.69, 9.17) is 16.3 Å². The molecule has 0 aliphatic rings. The number of carbonyl (C=O) groups is 2. The number of nitrogens with one attached hydrogen (secondary N) is 2. The van der Waals surface area contributed by atoms with E-state index < -0.39 is 23.7 Å². The van der Waals surface area contributed by atoms with Crippen LogP contribution >= 0.6 is 34.7 Å². The van der Waals surface area contributed by atoms with Crippen LogP contribution in [0, 0.1) is 0 Å². The molecule has 0 saturated carbocycles. The minimum Gasteiger partial charge on any atom is -0.444 e. The van der Waals surface area contributed by atoms with Gasteiger partial charge in [0.15, 0.2) is 4.34 Å². The fourth-order valence-corrected chi connectivity index (χ4v) is 3.98. The lowest BCUT2D eigenvalue weighted by atomic mass is 10.2. The summed E-state index contributed by atoms with van der Waals surface area (Å²) >= 11 is 7.87. The van der Waals surface area contributed by atoms with Gasteiger partial charge in [0.2, 0.25) is 11.0 Å². The van der Waals surface area contributed by atoms with Crippen LogP contribution in [0.3, 0.4) is 0 Å². The van der Waals surface area contributed by atoms with Gasteiger partial charge < -0.3 is 10.1 Å². The first kappa shape index (κ1) is 23.8. The van der Waals surface area contributed by atoms with Crippen LogP contribution in [0.4, 0.5) is 28.8 Å². The van der Waals surface area contributed by atoms with Crippen molar-refractivity contribution in [2.24, 2.45) is 0 Å². The molecule has 0 saturated heterocycles. The summed E-state index contributed by atoms with van der Waals surface area (Å²) in [4.78, 5) is 23.9. The molecule has 0 radical (unpaired) electrons. The number of aromatic nitrogens is 2. The second kappa shape index (κ2) is 10.7. The zero-order chi connectivity index (χ0) is 23.1. The van der Waals surface area contributed by atoms with E-state index in [1.807, 2.05) is 30.3 Å². The van der Waals surface area contributed by atoms with Crippen LogP contribution in [0.25, 0.3) is 0 Å². The van der Waals surface area contributed by atoms with Gasteiger partial charge >= 0.3 is 12.3 Å². The largest absolute Gasteiger partial charge is 0.444 e. The molecule has 13 heteroatoms.